The number of nitrogens with zero attached hydrogens (tertiary/aromatic N) is 2. The molecule has 3 nitrogen and oxygen atoms in total. The lowest BCUT2D eigenvalue weighted by Gasteiger charge is -2.38. The molecule has 0 bridgehead atoms. The highest BCUT2D eigenvalue weighted by Crippen LogP contribution is 2.34. The highest BCUT2D eigenvalue weighted by molar-refractivity contribution is 6.32. The van der Waals surface area contributed by atoms with Crippen molar-refractivity contribution in [1.29, 1.82) is 5.26 Å². The maximum Gasteiger partial charge on any atom is 0.101 e. The highest BCUT2D eigenvalue weighted by Gasteiger charge is 2.23. The summed E-state index contributed by atoms with van der Waals surface area (Å²) in [7, 11) is 0. The maximum absolute atomic E-state index is 8.96. The van der Waals surface area contributed by atoms with Gasteiger partial charge in [-0.2, -0.15) is 5.26 Å². The Hall–Kier alpha value is -1.66. The maximum atomic E-state index is 8.96. The number of hydrogen-bond donors (Lipinski definition) is 1. The molecule has 1 fully saturated rings. The molecular formula is C15H18ClN3. The third-order valence-electron chi connectivity index (χ3n) is 3.61. The molecule has 4 heteroatoms. The van der Waals surface area contributed by atoms with Crippen LogP contribution in [0.15, 0.2) is 24.8 Å². The first-order valence-electron chi connectivity index (χ1n) is 6.54. The summed E-state index contributed by atoms with van der Waals surface area (Å²) in [6.45, 7) is 4.80. The lowest BCUT2D eigenvalue weighted by molar-refractivity contribution is 0.463. The minimum absolute atomic E-state index is 0.428. The molecule has 1 saturated heterocycles. The Morgan fingerprint density at radius 3 is 3.00 bits per heavy atom. The van der Waals surface area contributed by atoms with Crippen molar-refractivity contribution in [3.05, 3.63) is 35.4 Å². The Morgan fingerprint density at radius 1 is 1.53 bits per heavy atom. The van der Waals surface area contributed by atoms with Crippen LogP contribution in [0.3, 0.4) is 0 Å². The normalized spacial score (nSPS) is 18.9. The van der Waals surface area contributed by atoms with Crippen LogP contribution in [-0.2, 0) is 0 Å². The van der Waals surface area contributed by atoms with E-state index in [0.29, 0.717) is 22.3 Å². The van der Waals surface area contributed by atoms with E-state index in [4.69, 9.17) is 22.6 Å². The van der Waals surface area contributed by atoms with Gasteiger partial charge in [-0.05, 0) is 37.8 Å². The Kier molecular flexibility index (Phi) is 4.34. The van der Waals surface area contributed by atoms with Crippen molar-refractivity contribution >= 4 is 23.0 Å². The minimum Gasteiger partial charge on any atom is -0.397 e. The molecule has 0 spiro atoms. The SMILES string of the molecule is C=CCC1CCCCN1c1cc(Cl)c(C#N)cc1N. The zero-order chi connectivity index (χ0) is 13.8. The first-order valence-corrected chi connectivity index (χ1v) is 6.91. The Bertz CT molecular complexity index is 519. The lowest BCUT2D eigenvalue weighted by Crippen LogP contribution is -2.39. The van der Waals surface area contributed by atoms with Gasteiger partial charge in [0.05, 0.1) is 22.0 Å². The van der Waals surface area contributed by atoms with Crippen LogP contribution in [0, 0.1) is 11.3 Å². The van der Waals surface area contributed by atoms with E-state index in [9.17, 15) is 0 Å². The van der Waals surface area contributed by atoms with E-state index in [1.807, 2.05) is 12.1 Å². The molecule has 0 saturated carbocycles. The summed E-state index contributed by atoms with van der Waals surface area (Å²) in [6.07, 6.45) is 6.42. The van der Waals surface area contributed by atoms with Gasteiger partial charge >= 0.3 is 0 Å². The summed E-state index contributed by atoms with van der Waals surface area (Å²) in [6, 6.07) is 5.96. The largest absolute Gasteiger partial charge is 0.397 e. The number of piperidine rings is 1. The average Bonchev–Trinajstić information content (AvgIpc) is 2.42. The van der Waals surface area contributed by atoms with Crippen molar-refractivity contribution < 1.29 is 0 Å². The molecule has 0 amide bonds. The fourth-order valence-corrected chi connectivity index (χ4v) is 2.87. The second-order valence-electron chi connectivity index (χ2n) is 4.87. The van der Waals surface area contributed by atoms with Crippen LogP contribution in [0.1, 0.15) is 31.2 Å². The zero-order valence-corrected chi connectivity index (χ0v) is 11.7. The van der Waals surface area contributed by atoms with Crippen LogP contribution < -0.4 is 10.6 Å². The molecule has 1 aromatic rings. The minimum atomic E-state index is 0.428. The molecule has 1 aromatic carbocycles. The predicted molar refractivity (Wildman–Crippen MR) is 80.4 cm³/mol. The zero-order valence-electron chi connectivity index (χ0n) is 10.9. The molecule has 1 unspecified atom stereocenters. The molecule has 19 heavy (non-hydrogen) atoms. The molecule has 2 rings (SSSR count). The van der Waals surface area contributed by atoms with Crippen molar-refractivity contribution in [3.63, 3.8) is 0 Å². The van der Waals surface area contributed by atoms with Gasteiger partial charge in [0, 0.05) is 12.6 Å². The van der Waals surface area contributed by atoms with E-state index in [0.717, 1.165) is 31.5 Å². The van der Waals surface area contributed by atoms with Crippen LogP contribution >= 0.6 is 11.6 Å². The van der Waals surface area contributed by atoms with Gasteiger partial charge in [0.25, 0.3) is 0 Å². The second-order valence-corrected chi connectivity index (χ2v) is 5.28. The van der Waals surface area contributed by atoms with Crippen LogP contribution in [0.25, 0.3) is 0 Å². The molecule has 0 aromatic heterocycles. The van der Waals surface area contributed by atoms with Crippen molar-refractivity contribution in [1.82, 2.24) is 0 Å². The molecule has 1 aliphatic rings. The van der Waals surface area contributed by atoms with Gasteiger partial charge in [-0.3, -0.25) is 0 Å². The number of nitrogen functional groups attached to an aromatic ring is 1. The standard InChI is InChI=1S/C15H18ClN3/c1-2-5-12-6-3-4-7-19(12)15-9-13(16)11(10-17)8-14(15)18/h2,8-9,12H,1,3-7,18H2. The highest BCUT2D eigenvalue weighted by atomic mass is 35.5. The molecule has 0 radical (unpaired) electrons. The van der Waals surface area contributed by atoms with E-state index in [-0.39, 0.29) is 0 Å². The summed E-state index contributed by atoms with van der Waals surface area (Å²) < 4.78 is 0. The fourth-order valence-electron chi connectivity index (χ4n) is 2.67. The van der Waals surface area contributed by atoms with E-state index in [2.05, 4.69) is 17.5 Å². The first kappa shape index (κ1) is 13.8. The fraction of sp³-hybridized carbons (Fsp3) is 0.400. The number of halogens is 1. The van der Waals surface area contributed by atoms with Gasteiger partial charge in [0.1, 0.15) is 6.07 Å². The molecule has 1 aliphatic heterocycles. The topological polar surface area (TPSA) is 53.0 Å². The first-order chi connectivity index (χ1) is 9.17. The lowest BCUT2D eigenvalue weighted by atomic mass is 9.98. The Morgan fingerprint density at radius 2 is 2.32 bits per heavy atom. The molecule has 1 atom stereocenters. The second kappa shape index (κ2) is 5.99. The molecule has 1 heterocycles. The van der Waals surface area contributed by atoms with E-state index in [1.165, 1.54) is 6.42 Å². The van der Waals surface area contributed by atoms with Crippen molar-refractivity contribution in [2.45, 2.75) is 31.7 Å². The molecular weight excluding hydrogens is 258 g/mol. The van der Waals surface area contributed by atoms with Crippen molar-refractivity contribution in [2.75, 3.05) is 17.2 Å². The van der Waals surface area contributed by atoms with Gasteiger partial charge in [0.2, 0.25) is 0 Å². The van der Waals surface area contributed by atoms with Crippen molar-refractivity contribution in [2.24, 2.45) is 0 Å². The van der Waals surface area contributed by atoms with Crippen molar-refractivity contribution in [3.8, 4) is 6.07 Å². The average molecular weight is 276 g/mol. The van der Waals surface area contributed by atoms with E-state index < -0.39 is 0 Å². The molecule has 2 N–H and O–H groups in total. The molecule has 100 valence electrons. The van der Waals surface area contributed by atoms with Gasteiger partial charge in [0.15, 0.2) is 0 Å². The monoisotopic (exact) mass is 275 g/mol. The summed E-state index contributed by atoms with van der Waals surface area (Å²) in [4.78, 5) is 2.30. The van der Waals surface area contributed by atoms with Gasteiger partial charge < -0.3 is 10.6 Å². The summed E-state index contributed by atoms with van der Waals surface area (Å²) in [5, 5.41) is 9.43. The summed E-state index contributed by atoms with van der Waals surface area (Å²) in [5.41, 5.74) is 8.07. The number of anilines is 2. The number of nitriles is 1. The quantitative estimate of drug-likeness (QED) is 0.675. The summed E-state index contributed by atoms with van der Waals surface area (Å²) >= 11 is 6.12. The number of nitrogens with two attached hydrogens (primary N) is 1. The van der Waals surface area contributed by atoms with E-state index >= 15 is 0 Å². The van der Waals surface area contributed by atoms with E-state index in [1.54, 1.807) is 6.07 Å². The third-order valence-corrected chi connectivity index (χ3v) is 3.92. The molecule has 0 aliphatic carbocycles. The Labute approximate surface area is 119 Å². The summed E-state index contributed by atoms with van der Waals surface area (Å²) in [5.74, 6) is 0. The van der Waals surface area contributed by atoms with Crippen LogP contribution in [0.2, 0.25) is 5.02 Å². The van der Waals surface area contributed by atoms with Crippen LogP contribution in [0.4, 0.5) is 11.4 Å². The van der Waals surface area contributed by atoms with Crippen LogP contribution in [0.5, 0.6) is 0 Å². The Balaban J connectivity index is 2.36. The van der Waals surface area contributed by atoms with Gasteiger partial charge in [-0.15, -0.1) is 6.58 Å². The van der Waals surface area contributed by atoms with Gasteiger partial charge in [-0.1, -0.05) is 17.7 Å². The predicted octanol–water partition coefficient (Wildman–Crippen LogP) is 3.73. The third kappa shape index (κ3) is 2.85. The van der Waals surface area contributed by atoms with Gasteiger partial charge in [-0.25, -0.2) is 0 Å². The number of benzene rings is 1. The number of hydrogen-bond acceptors (Lipinski definition) is 3. The smallest absolute Gasteiger partial charge is 0.101 e. The van der Waals surface area contributed by atoms with Crippen LogP contribution in [-0.4, -0.2) is 12.6 Å². The number of rotatable bonds is 3.